The van der Waals surface area contributed by atoms with Gasteiger partial charge in [-0.15, -0.1) is 0 Å². The van der Waals surface area contributed by atoms with Gasteiger partial charge in [0.2, 0.25) is 0 Å². The molecule has 24 heavy (non-hydrogen) atoms. The average Bonchev–Trinajstić information content (AvgIpc) is 3.02. The van der Waals surface area contributed by atoms with Gasteiger partial charge in [0, 0.05) is 18.1 Å². The van der Waals surface area contributed by atoms with E-state index in [2.05, 4.69) is 25.6 Å². The number of carbonyl (C=O) groups is 1. The third-order valence-electron chi connectivity index (χ3n) is 3.35. The lowest BCUT2D eigenvalue weighted by molar-refractivity contribution is 0.0949. The van der Waals surface area contributed by atoms with Crippen molar-refractivity contribution in [3.63, 3.8) is 0 Å². The first-order chi connectivity index (χ1) is 11.6. The smallest absolute Gasteiger partial charge is 0.265 e. The zero-order valence-corrected chi connectivity index (χ0v) is 13.3. The van der Waals surface area contributed by atoms with Crippen LogP contribution in [-0.2, 0) is 0 Å². The molecular weight excluding hydrogens is 304 g/mol. The molecule has 0 aromatic carbocycles. The zero-order valence-electron chi connectivity index (χ0n) is 13.3. The maximum atomic E-state index is 12.2. The average molecular weight is 320 g/mol. The highest BCUT2D eigenvalue weighted by molar-refractivity contribution is 5.99. The number of pyridine rings is 2. The van der Waals surface area contributed by atoms with E-state index in [0.29, 0.717) is 17.2 Å². The van der Waals surface area contributed by atoms with Crippen molar-refractivity contribution in [3.8, 4) is 5.82 Å². The third-order valence-corrected chi connectivity index (χ3v) is 3.35. The van der Waals surface area contributed by atoms with E-state index in [4.69, 9.17) is 0 Å². The van der Waals surface area contributed by atoms with Gasteiger partial charge in [0.05, 0.1) is 11.4 Å². The molecule has 7 nitrogen and oxygen atoms in total. The van der Waals surface area contributed by atoms with Crippen LogP contribution < -0.4 is 5.43 Å². The molecule has 3 aromatic rings. The van der Waals surface area contributed by atoms with Crippen LogP contribution in [0.15, 0.2) is 60.0 Å². The molecular formula is C17H16N6O. The molecule has 7 heteroatoms. The monoisotopic (exact) mass is 320 g/mol. The van der Waals surface area contributed by atoms with E-state index in [9.17, 15) is 4.79 Å². The number of aryl methyl sites for hydroxylation is 1. The Morgan fingerprint density at radius 3 is 2.50 bits per heavy atom. The van der Waals surface area contributed by atoms with Crippen molar-refractivity contribution >= 4 is 11.6 Å². The molecule has 0 aliphatic rings. The van der Waals surface area contributed by atoms with E-state index in [1.165, 1.54) is 0 Å². The lowest BCUT2D eigenvalue weighted by atomic mass is 10.3. The van der Waals surface area contributed by atoms with Gasteiger partial charge in [-0.25, -0.2) is 15.1 Å². The summed E-state index contributed by atoms with van der Waals surface area (Å²) >= 11 is 0. The number of nitrogens with one attached hydrogen (secondary N) is 1. The van der Waals surface area contributed by atoms with Crippen molar-refractivity contribution in [2.24, 2.45) is 5.10 Å². The van der Waals surface area contributed by atoms with Crippen LogP contribution in [0.25, 0.3) is 5.82 Å². The molecule has 0 aliphatic heterocycles. The summed E-state index contributed by atoms with van der Waals surface area (Å²) in [6.45, 7) is 3.64. The number of carbonyl (C=O) groups excluding carboxylic acids is 1. The fourth-order valence-electron chi connectivity index (χ4n) is 2.12. The molecule has 0 bridgehead atoms. The minimum Gasteiger partial charge on any atom is -0.265 e. The topological polar surface area (TPSA) is 85.1 Å². The van der Waals surface area contributed by atoms with Crippen molar-refractivity contribution in [2.45, 2.75) is 13.8 Å². The SMILES string of the molecule is C/C(=N\NC(=O)c1cc(C)n(-c2ccccn2)n1)c1ccccn1. The van der Waals surface area contributed by atoms with Crippen molar-refractivity contribution in [3.05, 3.63) is 71.9 Å². The Labute approximate surface area is 139 Å². The quantitative estimate of drug-likeness (QED) is 0.589. The van der Waals surface area contributed by atoms with Crippen molar-refractivity contribution < 1.29 is 4.79 Å². The van der Waals surface area contributed by atoms with E-state index in [0.717, 1.165) is 5.69 Å². The van der Waals surface area contributed by atoms with Crippen LogP contribution in [0.1, 0.15) is 28.8 Å². The molecule has 0 aliphatic carbocycles. The Morgan fingerprint density at radius 1 is 1.08 bits per heavy atom. The largest absolute Gasteiger partial charge is 0.291 e. The van der Waals surface area contributed by atoms with Gasteiger partial charge in [-0.3, -0.25) is 9.78 Å². The first kappa shape index (κ1) is 15.5. The summed E-state index contributed by atoms with van der Waals surface area (Å²) < 4.78 is 1.62. The molecule has 0 atom stereocenters. The summed E-state index contributed by atoms with van der Waals surface area (Å²) in [6.07, 6.45) is 3.35. The highest BCUT2D eigenvalue weighted by atomic mass is 16.2. The van der Waals surface area contributed by atoms with Crippen LogP contribution in [0.2, 0.25) is 0 Å². The molecule has 0 radical (unpaired) electrons. The fourth-order valence-corrected chi connectivity index (χ4v) is 2.12. The molecule has 0 spiro atoms. The summed E-state index contributed by atoms with van der Waals surface area (Å²) in [6, 6.07) is 12.7. The number of hydrogen-bond acceptors (Lipinski definition) is 5. The summed E-state index contributed by atoms with van der Waals surface area (Å²) in [5.74, 6) is 0.269. The minimum atomic E-state index is -0.386. The van der Waals surface area contributed by atoms with Gasteiger partial charge in [-0.05, 0) is 44.2 Å². The van der Waals surface area contributed by atoms with Gasteiger partial charge in [0.1, 0.15) is 0 Å². The number of rotatable bonds is 4. The zero-order chi connectivity index (χ0) is 16.9. The molecule has 120 valence electrons. The minimum absolute atomic E-state index is 0.274. The molecule has 0 unspecified atom stereocenters. The van der Waals surface area contributed by atoms with Crippen molar-refractivity contribution in [1.82, 2.24) is 25.2 Å². The molecule has 0 fully saturated rings. The van der Waals surface area contributed by atoms with Crippen molar-refractivity contribution in [2.75, 3.05) is 0 Å². The summed E-state index contributed by atoms with van der Waals surface area (Å²) in [5.41, 5.74) is 4.90. The van der Waals surface area contributed by atoms with Gasteiger partial charge in [-0.1, -0.05) is 12.1 Å². The normalized spacial score (nSPS) is 11.3. The predicted octanol–water partition coefficient (Wildman–Crippen LogP) is 2.12. The predicted molar refractivity (Wildman–Crippen MR) is 90.0 cm³/mol. The first-order valence-electron chi connectivity index (χ1n) is 7.39. The number of amides is 1. The van der Waals surface area contributed by atoms with Crippen LogP contribution in [-0.4, -0.2) is 31.4 Å². The van der Waals surface area contributed by atoms with E-state index in [1.54, 1.807) is 30.1 Å². The molecule has 1 N–H and O–H groups in total. The van der Waals surface area contributed by atoms with E-state index < -0.39 is 0 Å². The Bertz CT molecular complexity index is 871. The maximum absolute atomic E-state index is 12.2. The van der Waals surface area contributed by atoms with E-state index in [1.807, 2.05) is 43.3 Å². The van der Waals surface area contributed by atoms with Crippen LogP contribution >= 0.6 is 0 Å². The number of hydrogen-bond donors (Lipinski definition) is 1. The Balaban J connectivity index is 1.77. The molecule has 3 rings (SSSR count). The number of nitrogens with zero attached hydrogens (tertiary/aromatic N) is 5. The Kier molecular flexibility index (Phi) is 4.42. The van der Waals surface area contributed by atoms with Crippen LogP contribution in [0.4, 0.5) is 0 Å². The van der Waals surface area contributed by atoms with Crippen molar-refractivity contribution in [1.29, 1.82) is 0 Å². The lowest BCUT2D eigenvalue weighted by Crippen LogP contribution is -2.20. The fraction of sp³-hybridized carbons (Fsp3) is 0.118. The highest BCUT2D eigenvalue weighted by Gasteiger charge is 2.13. The maximum Gasteiger partial charge on any atom is 0.291 e. The van der Waals surface area contributed by atoms with Crippen LogP contribution in [0.3, 0.4) is 0 Å². The van der Waals surface area contributed by atoms with E-state index in [-0.39, 0.29) is 11.6 Å². The standard InChI is InChI=1S/C17H16N6O/c1-12-11-15(22-23(12)16-8-4-6-10-19-16)17(24)21-20-13(2)14-7-3-5-9-18-14/h3-11H,1-2H3,(H,21,24)/b20-13+. The molecule has 3 aromatic heterocycles. The lowest BCUT2D eigenvalue weighted by Gasteiger charge is -2.02. The number of hydrazone groups is 1. The second-order valence-corrected chi connectivity index (χ2v) is 5.12. The van der Waals surface area contributed by atoms with Crippen LogP contribution in [0.5, 0.6) is 0 Å². The Morgan fingerprint density at radius 2 is 1.83 bits per heavy atom. The Hall–Kier alpha value is -3.35. The van der Waals surface area contributed by atoms with E-state index >= 15 is 0 Å². The molecule has 0 saturated heterocycles. The second-order valence-electron chi connectivity index (χ2n) is 5.12. The first-order valence-corrected chi connectivity index (χ1v) is 7.39. The highest BCUT2D eigenvalue weighted by Crippen LogP contribution is 2.09. The van der Waals surface area contributed by atoms with Gasteiger partial charge >= 0.3 is 0 Å². The summed E-state index contributed by atoms with van der Waals surface area (Å²) in [4.78, 5) is 20.6. The van der Waals surface area contributed by atoms with Gasteiger partial charge in [0.15, 0.2) is 11.5 Å². The molecule has 3 heterocycles. The van der Waals surface area contributed by atoms with Gasteiger partial charge in [0.25, 0.3) is 5.91 Å². The summed E-state index contributed by atoms with van der Waals surface area (Å²) in [7, 11) is 0. The molecule has 1 amide bonds. The summed E-state index contributed by atoms with van der Waals surface area (Å²) in [5, 5.41) is 8.36. The number of aromatic nitrogens is 4. The second kappa shape index (κ2) is 6.82. The molecule has 0 saturated carbocycles. The van der Waals surface area contributed by atoms with Gasteiger partial charge < -0.3 is 0 Å². The van der Waals surface area contributed by atoms with Gasteiger partial charge in [-0.2, -0.15) is 10.2 Å². The third kappa shape index (κ3) is 3.35. The van der Waals surface area contributed by atoms with Crippen LogP contribution in [0, 0.1) is 6.92 Å².